The summed E-state index contributed by atoms with van der Waals surface area (Å²) in [7, 11) is 0. The number of aliphatic hydroxyl groups is 1. The van der Waals surface area contributed by atoms with Crippen LogP contribution in [0.25, 0.3) is 0 Å². The fraction of sp³-hybridized carbons (Fsp3) is 0.667. The van der Waals surface area contributed by atoms with Crippen molar-refractivity contribution < 1.29 is 9.52 Å². The van der Waals surface area contributed by atoms with Crippen LogP contribution in [0, 0.1) is 6.92 Å². The van der Waals surface area contributed by atoms with Gasteiger partial charge in [-0.2, -0.15) is 0 Å². The van der Waals surface area contributed by atoms with Gasteiger partial charge in [0.1, 0.15) is 11.5 Å². The largest absolute Gasteiger partial charge is 0.466 e. The lowest BCUT2D eigenvalue weighted by atomic mass is 9.91. The van der Waals surface area contributed by atoms with Gasteiger partial charge in [0.15, 0.2) is 0 Å². The molecule has 0 aliphatic heterocycles. The zero-order valence-corrected chi connectivity index (χ0v) is 9.25. The summed E-state index contributed by atoms with van der Waals surface area (Å²) in [6.45, 7) is 2.45. The van der Waals surface area contributed by atoms with E-state index in [0.29, 0.717) is 13.0 Å². The Hall–Kier alpha value is -0.800. The minimum absolute atomic E-state index is 0.444. The molecule has 1 aliphatic carbocycles. The van der Waals surface area contributed by atoms with E-state index in [1.54, 1.807) is 0 Å². The van der Waals surface area contributed by atoms with Gasteiger partial charge < -0.3 is 15.3 Å². The van der Waals surface area contributed by atoms with E-state index >= 15 is 0 Å². The molecule has 1 aromatic rings. The average molecular weight is 209 g/mol. The van der Waals surface area contributed by atoms with Crippen molar-refractivity contribution in [3.63, 3.8) is 0 Å². The molecular formula is C12H19NO2. The topological polar surface area (TPSA) is 59.4 Å². The van der Waals surface area contributed by atoms with Crippen molar-refractivity contribution in [3.05, 3.63) is 22.6 Å². The van der Waals surface area contributed by atoms with Crippen molar-refractivity contribution in [1.29, 1.82) is 0 Å². The molecule has 0 bridgehead atoms. The third-order valence-corrected chi connectivity index (χ3v) is 3.17. The maximum Gasteiger partial charge on any atom is 0.107 e. The first kappa shape index (κ1) is 10.7. The standard InChI is InChI=1S/C12H19NO2/c1-8-12(10(14)6-7-13)9-4-2-3-5-11(9)15-8/h10,14H,2-7,13H2,1H3. The van der Waals surface area contributed by atoms with Gasteiger partial charge in [-0.15, -0.1) is 0 Å². The zero-order chi connectivity index (χ0) is 10.8. The minimum Gasteiger partial charge on any atom is -0.466 e. The van der Waals surface area contributed by atoms with Crippen molar-refractivity contribution >= 4 is 0 Å². The van der Waals surface area contributed by atoms with Crippen molar-refractivity contribution in [2.45, 2.75) is 45.1 Å². The van der Waals surface area contributed by atoms with E-state index in [4.69, 9.17) is 10.2 Å². The van der Waals surface area contributed by atoms with E-state index in [-0.39, 0.29) is 0 Å². The molecule has 84 valence electrons. The first-order valence-electron chi connectivity index (χ1n) is 5.73. The lowest BCUT2D eigenvalue weighted by Gasteiger charge is -2.14. The summed E-state index contributed by atoms with van der Waals surface area (Å²) in [5.41, 5.74) is 7.73. The molecule has 0 amide bonds. The third-order valence-electron chi connectivity index (χ3n) is 3.17. The Labute approximate surface area is 90.3 Å². The first-order valence-corrected chi connectivity index (χ1v) is 5.73. The van der Waals surface area contributed by atoms with Gasteiger partial charge in [0.25, 0.3) is 0 Å². The monoisotopic (exact) mass is 209 g/mol. The molecule has 1 unspecified atom stereocenters. The van der Waals surface area contributed by atoms with E-state index in [1.165, 1.54) is 18.4 Å². The highest BCUT2D eigenvalue weighted by Gasteiger charge is 2.24. The quantitative estimate of drug-likeness (QED) is 0.798. The van der Waals surface area contributed by atoms with Crippen LogP contribution in [-0.4, -0.2) is 11.7 Å². The second kappa shape index (κ2) is 4.37. The molecule has 0 spiro atoms. The summed E-state index contributed by atoms with van der Waals surface area (Å²) in [4.78, 5) is 0. The summed E-state index contributed by atoms with van der Waals surface area (Å²) in [6, 6.07) is 0. The smallest absolute Gasteiger partial charge is 0.107 e. The van der Waals surface area contributed by atoms with Crippen LogP contribution in [0.2, 0.25) is 0 Å². The molecule has 2 rings (SSSR count). The summed E-state index contributed by atoms with van der Waals surface area (Å²) in [5, 5.41) is 10.0. The van der Waals surface area contributed by atoms with Crippen LogP contribution in [0.4, 0.5) is 0 Å². The normalized spacial score (nSPS) is 17.5. The van der Waals surface area contributed by atoms with Gasteiger partial charge in [0.05, 0.1) is 6.10 Å². The van der Waals surface area contributed by atoms with Gasteiger partial charge in [-0.1, -0.05) is 0 Å². The van der Waals surface area contributed by atoms with Crippen LogP contribution in [0.5, 0.6) is 0 Å². The number of furan rings is 1. The molecular weight excluding hydrogens is 190 g/mol. The number of aryl methyl sites for hydroxylation is 2. The van der Waals surface area contributed by atoms with Gasteiger partial charge >= 0.3 is 0 Å². The lowest BCUT2D eigenvalue weighted by molar-refractivity contribution is 0.167. The third kappa shape index (κ3) is 1.94. The molecule has 0 fully saturated rings. The average Bonchev–Trinajstić information content (AvgIpc) is 2.54. The number of nitrogens with two attached hydrogens (primary N) is 1. The maximum absolute atomic E-state index is 10.0. The number of hydrogen-bond donors (Lipinski definition) is 2. The SMILES string of the molecule is Cc1oc2c(c1C(O)CCN)CCCC2. The Morgan fingerprint density at radius 2 is 2.13 bits per heavy atom. The highest BCUT2D eigenvalue weighted by atomic mass is 16.3. The van der Waals surface area contributed by atoms with Gasteiger partial charge in [-0.05, 0) is 44.7 Å². The zero-order valence-electron chi connectivity index (χ0n) is 9.25. The molecule has 1 aliphatic rings. The Kier molecular flexibility index (Phi) is 3.12. The van der Waals surface area contributed by atoms with Crippen LogP contribution in [0.15, 0.2) is 4.42 Å². The van der Waals surface area contributed by atoms with Gasteiger partial charge in [0.2, 0.25) is 0 Å². The van der Waals surface area contributed by atoms with Crippen molar-refractivity contribution in [1.82, 2.24) is 0 Å². The Bertz CT molecular complexity index is 344. The fourth-order valence-electron chi connectivity index (χ4n) is 2.47. The number of hydrogen-bond acceptors (Lipinski definition) is 3. The minimum atomic E-state index is -0.444. The van der Waals surface area contributed by atoms with Crippen molar-refractivity contribution in [2.75, 3.05) is 6.54 Å². The molecule has 0 saturated carbocycles. The maximum atomic E-state index is 10.0. The number of rotatable bonds is 3. The predicted octanol–water partition coefficient (Wildman–Crippen LogP) is 1.85. The van der Waals surface area contributed by atoms with Crippen molar-refractivity contribution in [2.24, 2.45) is 5.73 Å². The summed E-state index contributed by atoms with van der Waals surface area (Å²) in [5.74, 6) is 1.97. The molecule has 1 atom stereocenters. The number of aliphatic hydroxyl groups excluding tert-OH is 1. The fourth-order valence-corrected chi connectivity index (χ4v) is 2.47. The van der Waals surface area contributed by atoms with E-state index in [9.17, 15) is 5.11 Å². The second-order valence-electron chi connectivity index (χ2n) is 4.27. The molecule has 3 heteroatoms. The van der Waals surface area contributed by atoms with Gasteiger partial charge in [-0.25, -0.2) is 0 Å². The Morgan fingerprint density at radius 1 is 1.40 bits per heavy atom. The molecule has 0 saturated heterocycles. The van der Waals surface area contributed by atoms with E-state index in [1.807, 2.05) is 6.92 Å². The van der Waals surface area contributed by atoms with Gasteiger partial charge in [-0.3, -0.25) is 0 Å². The van der Waals surface area contributed by atoms with Crippen LogP contribution in [0.1, 0.15) is 48.0 Å². The van der Waals surface area contributed by atoms with Crippen LogP contribution in [0.3, 0.4) is 0 Å². The molecule has 0 radical (unpaired) electrons. The molecule has 3 N–H and O–H groups in total. The molecule has 15 heavy (non-hydrogen) atoms. The van der Waals surface area contributed by atoms with Crippen LogP contribution >= 0.6 is 0 Å². The van der Waals surface area contributed by atoms with E-state index in [2.05, 4.69) is 0 Å². The van der Waals surface area contributed by atoms with E-state index < -0.39 is 6.10 Å². The molecule has 3 nitrogen and oxygen atoms in total. The Morgan fingerprint density at radius 3 is 2.87 bits per heavy atom. The summed E-state index contributed by atoms with van der Waals surface area (Å²) >= 11 is 0. The lowest BCUT2D eigenvalue weighted by Crippen LogP contribution is -2.10. The molecule has 1 heterocycles. The predicted molar refractivity (Wildman–Crippen MR) is 58.7 cm³/mol. The molecule has 1 aromatic heterocycles. The highest BCUT2D eigenvalue weighted by molar-refractivity contribution is 5.36. The summed E-state index contributed by atoms with van der Waals surface area (Å²) in [6.07, 6.45) is 4.64. The second-order valence-corrected chi connectivity index (χ2v) is 4.27. The van der Waals surface area contributed by atoms with Crippen molar-refractivity contribution in [3.8, 4) is 0 Å². The van der Waals surface area contributed by atoms with Gasteiger partial charge in [0, 0.05) is 12.0 Å². The molecule has 0 aromatic carbocycles. The van der Waals surface area contributed by atoms with E-state index in [0.717, 1.165) is 29.9 Å². The Balaban J connectivity index is 2.32. The number of fused-ring (bicyclic) bond motifs is 1. The highest BCUT2D eigenvalue weighted by Crippen LogP contribution is 2.34. The summed E-state index contributed by atoms with van der Waals surface area (Å²) < 4.78 is 5.70. The first-order chi connectivity index (χ1) is 7.24. The van der Waals surface area contributed by atoms with Crippen LogP contribution < -0.4 is 5.73 Å². The van der Waals surface area contributed by atoms with Crippen LogP contribution in [-0.2, 0) is 12.8 Å².